The van der Waals surface area contributed by atoms with E-state index < -0.39 is 0 Å². The predicted molar refractivity (Wildman–Crippen MR) is 88.1 cm³/mol. The lowest BCUT2D eigenvalue weighted by molar-refractivity contribution is 0.0939. The lowest BCUT2D eigenvalue weighted by Crippen LogP contribution is -2.32. The van der Waals surface area contributed by atoms with Crippen molar-refractivity contribution in [1.29, 1.82) is 0 Å². The fourth-order valence-electron chi connectivity index (χ4n) is 3.22. The maximum Gasteiger partial charge on any atom is 0.255 e. The molecule has 0 saturated heterocycles. The average Bonchev–Trinajstić information content (AvgIpc) is 3.24. The standard InChI is InChI=1S/C18H17FN4O/c19-13-9-7-12(8-10-13)16-21-22-17-15(6-3-11-23(16)17)18(24)20-14-4-1-2-5-14/h3,6-11,14H,1-2,4-5H2,(H,20,24). The van der Waals surface area contributed by atoms with Gasteiger partial charge in [0.05, 0.1) is 5.56 Å². The molecule has 2 aromatic heterocycles. The predicted octanol–water partition coefficient (Wildman–Crippen LogP) is 3.21. The van der Waals surface area contributed by atoms with Crippen molar-refractivity contribution in [2.75, 3.05) is 0 Å². The van der Waals surface area contributed by atoms with Crippen molar-refractivity contribution in [2.24, 2.45) is 0 Å². The lowest BCUT2D eigenvalue weighted by atomic mass is 10.2. The molecule has 1 amide bonds. The van der Waals surface area contributed by atoms with Crippen LogP contribution in [0.2, 0.25) is 0 Å². The van der Waals surface area contributed by atoms with Crippen LogP contribution in [0, 0.1) is 5.82 Å². The monoisotopic (exact) mass is 324 g/mol. The SMILES string of the molecule is O=C(NC1CCCC1)c1cccn2c(-c3ccc(F)cc3)nnc12. The summed E-state index contributed by atoms with van der Waals surface area (Å²) < 4.78 is 14.9. The van der Waals surface area contributed by atoms with Crippen molar-refractivity contribution >= 4 is 11.6 Å². The second-order valence-corrected chi connectivity index (χ2v) is 6.10. The number of nitrogens with one attached hydrogen (secondary N) is 1. The summed E-state index contributed by atoms with van der Waals surface area (Å²) in [5.74, 6) is 0.162. The number of nitrogens with zero attached hydrogens (tertiary/aromatic N) is 3. The van der Waals surface area contributed by atoms with Crippen molar-refractivity contribution in [2.45, 2.75) is 31.7 Å². The van der Waals surface area contributed by atoms with E-state index >= 15 is 0 Å². The third-order valence-corrected chi connectivity index (χ3v) is 4.47. The smallest absolute Gasteiger partial charge is 0.255 e. The van der Waals surface area contributed by atoms with Gasteiger partial charge in [-0.3, -0.25) is 9.20 Å². The number of aromatic nitrogens is 3. The zero-order chi connectivity index (χ0) is 16.5. The van der Waals surface area contributed by atoms with Crippen LogP contribution in [0.4, 0.5) is 4.39 Å². The molecule has 0 atom stereocenters. The number of hydrogen-bond acceptors (Lipinski definition) is 3. The first-order valence-electron chi connectivity index (χ1n) is 8.13. The van der Waals surface area contributed by atoms with E-state index in [4.69, 9.17) is 0 Å². The summed E-state index contributed by atoms with van der Waals surface area (Å²) >= 11 is 0. The number of halogens is 1. The highest BCUT2D eigenvalue weighted by molar-refractivity contribution is 6.00. The van der Waals surface area contributed by atoms with Gasteiger partial charge >= 0.3 is 0 Å². The molecular weight excluding hydrogens is 307 g/mol. The number of amides is 1. The highest BCUT2D eigenvalue weighted by atomic mass is 19.1. The van der Waals surface area contributed by atoms with E-state index in [1.807, 2.05) is 0 Å². The highest BCUT2D eigenvalue weighted by Gasteiger charge is 2.21. The van der Waals surface area contributed by atoms with Gasteiger partial charge in [0.1, 0.15) is 5.82 Å². The van der Waals surface area contributed by atoms with Gasteiger partial charge in [-0.15, -0.1) is 10.2 Å². The third kappa shape index (κ3) is 2.64. The van der Waals surface area contributed by atoms with Crippen LogP contribution in [0.5, 0.6) is 0 Å². The van der Waals surface area contributed by atoms with Gasteiger partial charge in [-0.05, 0) is 49.2 Å². The number of carbonyl (C=O) groups is 1. The molecule has 5 nitrogen and oxygen atoms in total. The summed E-state index contributed by atoms with van der Waals surface area (Å²) in [6, 6.07) is 9.86. The number of hydrogen-bond donors (Lipinski definition) is 1. The Labute approximate surface area is 138 Å². The Morgan fingerprint density at radius 2 is 1.88 bits per heavy atom. The third-order valence-electron chi connectivity index (χ3n) is 4.47. The Balaban J connectivity index is 1.70. The first-order valence-corrected chi connectivity index (χ1v) is 8.13. The molecule has 0 spiro atoms. The summed E-state index contributed by atoms with van der Waals surface area (Å²) in [5.41, 5.74) is 1.76. The van der Waals surface area contributed by atoms with Crippen molar-refractivity contribution in [3.63, 3.8) is 0 Å². The Bertz CT molecular complexity index is 882. The topological polar surface area (TPSA) is 59.3 Å². The summed E-state index contributed by atoms with van der Waals surface area (Å²) in [7, 11) is 0. The van der Waals surface area contributed by atoms with Crippen LogP contribution in [0.1, 0.15) is 36.0 Å². The second kappa shape index (κ2) is 6.03. The molecule has 0 aliphatic heterocycles. The van der Waals surface area contributed by atoms with Gasteiger partial charge in [-0.1, -0.05) is 12.8 Å². The average molecular weight is 324 g/mol. The number of carbonyl (C=O) groups excluding carboxylic acids is 1. The molecule has 2 heterocycles. The van der Waals surface area contributed by atoms with Crippen LogP contribution in [0.15, 0.2) is 42.6 Å². The Kier molecular flexibility index (Phi) is 3.72. The molecule has 24 heavy (non-hydrogen) atoms. The maximum absolute atomic E-state index is 13.1. The highest BCUT2D eigenvalue weighted by Crippen LogP contribution is 2.22. The van der Waals surface area contributed by atoms with E-state index in [0.717, 1.165) is 31.2 Å². The van der Waals surface area contributed by atoms with Gasteiger partial charge in [-0.2, -0.15) is 0 Å². The molecule has 0 bridgehead atoms. The molecule has 6 heteroatoms. The summed E-state index contributed by atoms with van der Waals surface area (Å²) in [5, 5.41) is 11.4. The Morgan fingerprint density at radius 1 is 1.12 bits per heavy atom. The number of rotatable bonds is 3. The van der Waals surface area contributed by atoms with Crippen LogP contribution in [0.3, 0.4) is 0 Å². The van der Waals surface area contributed by atoms with Crippen LogP contribution in [-0.4, -0.2) is 26.5 Å². The van der Waals surface area contributed by atoms with E-state index in [1.165, 1.54) is 12.1 Å². The molecule has 3 aromatic rings. The zero-order valence-electron chi connectivity index (χ0n) is 13.1. The van der Waals surface area contributed by atoms with Crippen LogP contribution in [0.25, 0.3) is 17.0 Å². The molecule has 1 saturated carbocycles. The summed E-state index contributed by atoms with van der Waals surface area (Å²) in [6.45, 7) is 0. The van der Waals surface area contributed by atoms with Crippen molar-refractivity contribution < 1.29 is 9.18 Å². The minimum Gasteiger partial charge on any atom is -0.349 e. The van der Waals surface area contributed by atoms with Crippen molar-refractivity contribution in [1.82, 2.24) is 19.9 Å². The van der Waals surface area contributed by atoms with E-state index in [9.17, 15) is 9.18 Å². The fourth-order valence-corrected chi connectivity index (χ4v) is 3.22. The van der Waals surface area contributed by atoms with Crippen LogP contribution in [-0.2, 0) is 0 Å². The molecule has 1 N–H and O–H groups in total. The molecule has 1 aliphatic rings. The number of pyridine rings is 1. The van der Waals surface area contributed by atoms with Gasteiger partial charge < -0.3 is 5.32 Å². The van der Waals surface area contributed by atoms with Crippen molar-refractivity contribution in [3.8, 4) is 11.4 Å². The van der Waals surface area contributed by atoms with Crippen molar-refractivity contribution in [3.05, 3.63) is 54.0 Å². The van der Waals surface area contributed by atoms with Gasteiger partial charge in [0.15, 0.2) is 11.5 Å². The molecular formula is C18H17FN4O. The number of fused-ring (bicyclic) bond motifs is 1. The Hall–Kier alpha value is -2.76. The summed E-state index contributed by atoms with van der Waals surface area (Å²) in [6.07, 6.45) is 6.19. The first kappa shape index (κ1) is 14.8. The van der Waals surface area contributed by atoms with Gasteiger partial charge in [0.2, 0.25) is 0 Å². The lowest BCUT2D eigenvalue weighted by Gasteiger charge is -2.12. The van der Waals surface area contributed by atoms with Crippen LogP contribution >= 0.6 is 0 Å². The second-order valence-electron chi connectivity index (χ2n) is 6.10. The van der Waals surface area contributed by atoms with Crippen LogP contribution < -0.4 is 5.32 Å². The molecule has 122 valence electrons. The molecule has 1 fully saturated rings. The largest absolute Gasteiger partial charge is 0.349 e. The van der Waals surface area contributed by atoms with Gasteiger partial charge in [0.25, 0.3) is 5.91 Å². The summed E-state index contributed by atoms with van der Waals surface area (Å²) in [4.78, 5) is 12.6. The maximum atomic E-state index is 13.1. The van der Waals surface area contributed by atoms with E-state index in [-0.39, 0.29) is 17.8 Å². The fraction of sp³-hybridized carbons (Fsp3) is 0.278. The van der Waals surface area contributed by atoms with E-state index in [0.29, 0.717) is 17.0 Å². The molecule has 0 unspecified atom stereocenters. The number of benzene rings is 1. The van der Waals surface area contributed by atoms with E-state index in [1.54, 1.807) is 34.9 Å². The molecule has 4 rings (SSSR count). The first-order chi connectivity index (χ1) is 11.7. The molecule has 1 aromatic carbocycles. The van der Waals surface area contributed by atoms with Gasteiger partial charge in [0, 0.05) is 17.8 Å². The zero-order valence-corrected chi connectivity index (χ0v) is 13.1. The molecule has 1 aliphatic carbocycles. The van der Waals surface area contributed by atoms with Gasteiger partial charge in [-0.25, -0.2) is 4.39 Å². The Morgan fingerprint density at radius 3 is 2.62 bits per heavy atom. The molecule has 0 radical (unpaired) electrons. The minimum absolute atomic E-state index is 0.120. The normalized spacial score (nSPS) is 15.0. The van der Waals surface area contributed by atoms with E-state index in [2.05, 4.69) is 15.5 Å². The quantitative estimate of drug-likeness (QED) is 0.805. The minimum atomic E-state index is -0.302.